The molecule has 0 heterocycles. The molecule has 1 aromatic rings. The van der Waals surface area contributed by atoms with E-state index in [9.17, 15) is 8.78 Å². The maximum Gasteiger partial charge on any atom is 0.146 e. The Balaban J connectivity index is 2.52. The number of rotatable bonds is 6. The summed E-state index contributed by atoms with van der Waals surface area (Å²) in [6, 6.07) is 2.32. The molecule has 0 fully saturated rings. The van der Waals surface area contributed by atoms with E-state index in [0.29, 0.717) is 19.4 Å². The van der Waals surface area contributed by atoms with E-state index >= 15 is 0 Å². The van der Waals surface area contributed by atoms with Gasteiger partial charge >= 0.3 is 0 Å². The van der Waals surface area contributed by atoms with Crippen molar-refractivity contribution in [3.05, 3.63) is 29.3 Å². The molecule has 0 atom stereocenters. The molecule has 0 bridgehead atoms. The molecule has 0 unspecified atom stereocenters. The van der Waals surface area contributed by atoms with Crippen molar-refractivity contribution in [2.75, 3.05) is 11.9 Å². The molecule has 0 saturated heterocycles. The highest BCUT2D eigenvalue weighted by atomic mass is 19.1. The molecule has 1 rings (SSSR count). The fourth-order valence-electron chi connectivity index (χ4n) is 1.80. The number of hydrogen-bond acceptors (Lipinski definition) is 3. The van der Waals surface area contributed by atoms with Gasteiger partial charge in [0.25, 0.3) is 0 Å². The summed E-state index contributed by atoms with van der Waals surface area (Å²) in [5, 5.41) is 14.5. The normalized spacial score (nSPS) is 12.6. The summed E-state index contributed by atoms with van der Waals surface area (Å²) in [4.78, 5) is 0. The minimum atomic E-state index is -0.473. The number of aryl methyl sites for hydroxylation is 1. The molecule has 0 aromatic heterocycles. The molecule has 4 nitrogen and oxygen atoms in total. The number of nitrogens with one attached hydrogen (secondary N) is 1. The van der Waals surface area contributed by atoms with Crippen LogP contribution in [-0.2, 0) is 0 Å². The van der Waals surface area contributed by atoms with Crippen LogP contribution in [-0.4, -0.2) is 17.6 Å². The van der Waals surface area contributed by atoms with Crippen molar-refractivity contribution < 1.29 is 14.0 Å². The number of anilines is 1. The van der Waals surface area contributed by atoms with E-state index in [4.69, 9.17) is 10.9 Å². The van der Waals surface area contributed by atoms with Crippen molar-refractivity contribution in [2.24, 2.45) is 16.3 Å². The minimum absolute atomic E-state index is 0.148. The van der Waals surface area contributed by atoms with Gasteiger partial charge in [0.05, 0.1) is 5.69 Å². The minimum Gasteiger partial charge on any atom is -0.409 e. The smallest absolute Gasteiger partial charge is 0.146 e. The van der Waals surface area contributed by atoms with Crippen molar-refractivity contribution in [3.63, 3.8) is 0 Å². The third kappa shape index (κ3) is 4.08. The average Bonchev–Trinajstić information content (AvgIpc) is 2.39. The van der Waals surface area contributed by atoms with E-state index in [1.165, 1.54) is 6.92 Å². The molecule has 0 spiro atoms. The third-order valence-corrected chi connectivity index (χ3v) is 3.34. The van der Waals surface area contributed by atoms with Crippen LogP contribution in [0, 0.1) is 24.0 Å². The van der Waals surface area contributed by atoms with Gasteiger partial charge < -0.3 is 16.3 Å². The van der Waals surface area contributed by atoms with Crippen LogP contribution in [0.15, 0.2) is 17.3 Å². The molecule has 0 aliphatic heterocycles. The van der Waals surface area contributed by atoms with E-state index in [-0.39, 0.29) is 17.1 Å². The zero-order valence-electron chi connectivity index (χ0n) is 12.0. The average molecular weight is 285 g/mol. The lowest BCUT2D eigenvalue weighted by molar-refractivity contribution is 0.305. The molecule has 20 heavy (non-hydrogen) atoms. The van der Waals surface area contributed by atoms with Crippen LogP contribution >= 0.6 is 0 Å². The number of oxime groups is 1. The zero-order chi connectivity index (χ0) is 15.3. The molecule has 4 N–H and O–H groups in total. The van der Waals surface area contributed by atoms with Crippen LogP contribution in [0.25, 0.3) is 0 Å². The van der Waals surface area contributed by atoms with E-state index in [1.807, 2.05) is 13.8 Å². The standard InChI is InChI=1S/C14H21F2N3O/c1-9-7-11(16)12(8-10(9)15)18-6-4-5-14(2,3)13(17)19-20/h7-8,18,20H,4-6H2,1-3H3,(H2,17,19). The number of nitrogens with two attached hydrogens (primary N) is 1. The lowest BCUT2D eigenvalue weighted by Gasteiger charge is -2.22. The summed E-state index contributed by atoms with van der Waals surface area (Å²) < 4.78 is 26.9. The van der Waals surface area contributed by atoms with E-state index < -0.39 is 17.0 Å². The number of halogens is 2. The van der Waals surface area contributed by atoms with Crippen LogP contribution in [0.5, 0.6) is 0 Å². The van der Waals surface area contributed by atoms with Gasteiger partial charge in [0.1, 0.15) is 17.5 Å². The third-order valence-electron chi connectivity index (χ3n) is 3.34. The van der Waals surface area contributed by atoms with Crippen molar-refractivity contribution >= 4 is 11.5 Å². The number of nitrogens with zero attached hydrogens (tertiary/aromatic N) is 1. The first-order chi connectivity index (χ1) is 9.27. The summed E-state index contributed by atoms with van der Waals surface area (Å²) in [6.07, 6.45) is 1.34. The van der Waals surface area contributed by atoms with Gasteiger partial charge in [-0.15, -0.1) is 0 Å². The summed E-state index contributed by atoms with van der Waals surface area (Å²) in [6.45, 7) is 5.70. The Morgan fingerprint density at radius 1 is 1.35 bits per heavy atom. The molecule has 0 saturated carbocycles. The molecular formula is C14H21F2N3O. The van der Waals surface area contributed by atoms with E-state index in [2.05, 4.69) is 10.5 Å². The van der Waals surface area contributed by atoms with Gasteiger partial charge in [0, 0.05) is 18.0 Å². The van der Waals surface area contributed by atoms with Crippen LogP contribution in [0.4, 0.5) is 14.5 Å². The summed E-state index contributed by atoms with van der Waals surface area (Å²) in [7, 11) is 0. The Kier molecular flexibility index (Phi) is 5.30. The van der Waals surface area contributed by atoms with Gasteiger partial charge in [-0.05, 0) is 31.4 Å². The molecule has 0 aliphatic carbocycles. The molecule has 0 aliphatic rings. The molecule has 0 amide bonds. The quantitative estimate of drug-likeness (QED) is 0.247. The fraction of sp³-hybridized carbons (Fsp3) is 0.500. The lowest BCUT2D eigenvalue weighted by atomic mass is 9.86. The van der Waals surface area contributed by atoms with Gasteiger partial charge in [-0.2, -0.15) is 0 Å². The Labute approximate surface area is 117 Å². The molecule has 0 radical (unpaired) electrons. The first-order valence-corrected chi connectivity index (χ1v) is 6.45. The fourth-order valence-corrected chi connectivity index (χ4v) is 1.80. The highest BCUT2D eigenvalue weighted by molar-refractivity contribution is 5.85. The number of benzene rings is 1. The Morgan fingerprint density at radius 2 is 2.00 bits per heavy atom. The van der Waals surface area contributed by atoms with E-state index in [0.717, 1.165) is 12.1 Å². The predicted molar refractivity (Wildman–Crippen MR) is 76.0 cm³/mol. The largest absolute Gasteiger partial charge is 0.409 e. The molecular weight excluding hydrogens is 264 g/mol. The zero-order valence-corrected chi connectivity index (χ0v) is 12.0. The maximum absolute atomic E-state index is 13.6. The summed E-state index contributed by atoms with van der Waals surface area (Å²) in [5.74, 6) is -0.754. The monoisotopic (exact) mass is 285 g/mol. The van der Waals surface area contributed by atoms with Crippen molar-refractivity contribution in [3.8, 4) is 0 Å². The van der Waals surface area contributed by atoms with E-state index in [1.54, 1.807) is 0 Å². The second-order valence-electron chi connectivity index (χ2n) is 5.48. The van der Waals surface area contributed by atoms with Crippen LogP contribution in [0.2, 0.25) is 0 Å². The van der Waals surface area contributed by atoms with Crippen molar-refractivity contribution in [1.82, 2.24) is 0 Å². The number of hydrogen-bond donors (Lipinski definition) is 3. The van der Waals surface area contributed by atoms with Crippen molar-refractivity contribution in [1.29, 1.82) is 0 Å². The Hall–Kier alpha value is -1.85. The van der Waals surface area contributed by atoms with Crippen LogP contribution < -0.4 is 11.1 Å². The highest BCUT2D eigenvalue weighted by Crippen LogP contribution is 2.23. The Bertz CT molecular complexity index is 501. The summed E-state index contributed by atoms with van der Waals surface area (Å²) in [5.41, 5.74) is 5.56. The number of amidine groups is 1. The van der Waals surface area contributed by atoms with Gasteiger partial charge in [0.15, 0.2) is 0 Å². The first kappa shape index (κ1) is 16.2. The van der Waals surface area contributed by atoms with Gasteiger partial charge in [0.2, 0.25) is 0 Å². The van der Waals surface area contributed by atoms with Crippen LogP contribution in [0.1, 0.15) is 32.3 Å². The summed E-state index contributed by atoms with van der Waals surface area (Å²) >= 11 is 0. The molecule has 112 valence electrons. The topological polar surface area (TPSA) is 70.6 Å². The lowest BCUT2D eigenvalue weighted by Crippen LogP contribution is -2.32. The van der Waals surface area contributed by atoms with Crippen LogP contribution in [0.3, 0.4) is 0 Å². The SMILES string of the molecule is Cc1cc(F)c(NCCCC(C)(C)/C(N)=N/O)cc1F. The second-order valence-corrected chi connectivity index (χ2v) is 5.48. The molecule has 1 aromatic carbocycles. The van der Waals surface area contributed by atoms with Gasteiger partial charge in [-0.3, -0.25) is 0 Å². The van der Waals surface area contributed by atoms with Gasteiger partial charge in [-0.25, -0.2) is 8.78 Å². The second kappa shape index (κ2) is 6.54. The van der Waals surface area contributed by atoms with Gasteiger partial charge in [-0.1, -0.05) is 19.0 Å². The maximum atomic E-state index is 13.6. The predicted octanol–water partition coefficient (Wildman–Crippen LogP) is 3.24. The Morgan fingerprint density at radius 3 is 2.60 bits per heavy atom. The first-order valence-electron chi connectivity index (χ1n) is 6.45. The highest BCUT2D eigenvalue weighted by Gasteiger charge is 2.22. The van der Waals surface area contributed by atoms with Crippen molar-refractivity contribution in [2.45, 2.75) is 33.6 Å². The molecule has 6 heteroatoms.